The van der Waals surface area contributed by atoms with Crippen molar-refractivity contribution >= 4 is 5.78 Å². The molecule has 0 N–H and O–H groups in total. The fraction of sp³-hybridized carbons (Fsp3) is 0.900. The molecule has 5 heteroatoms. The van der Waals surface area contributed by atoms with Crippen molar-refractivity contribution in [2.45, 2.75) is 31.8 Å². The number of hydrogen-bond donors (Lipinski definition) is 0. The number of ether oxygens (including phenoxy) is 4. The van der Waals surface area contributed by atoms with Crippen molar-refractivity contribution in [3.8, 4) is 0 Å². The minimum atomic E-state index is -0.970. The van der Waals surface area contributed by atoms with Crippen molar-refractivity contribution < 1.29 is 23.7 Å². The second-order valence-corrected chi connectivity index (χ2v) is 3.30. The molecule has 0 unspecified atom stereocenters. The summed E-state index contributed by atoms with van der Waals surface area (Å²) in [5, 5.41) is 0. The molecule has 0 heterocycles. The van der Waals surface area contributed by atoms with E-state index in [9.17, 15) is 4.79 Å². The van der Waals surface area contributed by atoms with E-state index in [0.717, 1.165) is 0 Å². The summed E-state index contributed by atoms with van der Waals surface area (Å²) in [5.41, 5.74) is 0. The van der Waals surface area contributed by atoms with E-state index in [0.29, 0.717) is 6.42 Å². The number of carbonyl (C=O) groups excluding carboxylic acids is 1. The first-order valence-corrected chi connectivity index (χ1v) is 4.69. The van der Waals surface area contributed by atoms with Gasteiger partial charge in [0.1, 0.15) is 5.78 Å². The van der Waals surface area contributed by atoms with Crippen LogP contribution in [-0.4, -0.2) is 46.3 Å². The Bertz CT molecular complexity index is 184. The van der Waals surface area contributed by atoms with Crippen LogP contribution in [0.4, 0.5) is 0 Å². The monoisotopic (exact) mass is 220 g/mol. The molecule has 90 valence electrons. The van der Waals surface area contributed by atoms with Gasteiger partial charge in [-0.1, -0.05) is 0 Å². The molecule has 0 fully saturated rings. The lowest BCUT2D eigenvalue weighted by molar-refractivity contribution is -0.249. The van der Waals surface area contributed by atoms with Gasteiger partial charge in [0.25, 0.3) is 0 Å². The summed E-state index contributed by atoms with van der Waals surface area (Å²) in [7, 11) is 6.04. The Labute approximate surface area is 90.6 Å². The average molecular weight is 220 g/mol. The molecule has 0 saturated heterocycles. The van der Waals surface area contributed by atoms with E-state index in [2.05, 4.69) is 0 Å². The topological polar surface area (TPSA) is 54.0 Å². The van der Waals surface area contributed by atoms with E-state index in [-0.39, 0.29) is 12.2 Å². The predicted molar refractivity (Wildman–Crippen MR) is 54.5 cm³/mol. The number of rotatable bonds is 8. The third-order valence-electron chi connectivity index (χ3n) is 2.27. The molecule has 0 atom stereocenters. The van der Waals surface area contributed by atoms with Crippen molar-refractivity contribution in [1.82, 2.24) is 0 Å². The lowest BCUT2D eigenvalue weighted by atomic mass is 10.1. The van der Waals surface area contributed by atoms with Gasteiger partial charge in [0.2, 0.25) is 0 Å². The number of Topliss-reactive ketones (excluding diaryl/α,β-unsaturated/α-hetero) is 1. The highest BCUT2D eigenvalue weighted by molar-refractivity contribution is 5.76. The van der Waals surface area contributed by atoms with Crippen LogP contribution >= 0.6 is 0 Å². The Balaban J connectivity index is 4.53. The van der Waals surface area contributed by atoms with Crippen LogP contribution in [0.5, 0.6) is 0 Å². The third kappa shape index (κ3) is 4.70. The number of carbonyl (C=O) groups is 1. The fourth-order valence-electron chi connectivity index (χ4n) is 1.36. The standard InChI is InChI=1S/C10H20O5/c1-8(11)6-10(14-4,15-5)7-9(12-2)13-3/h9H,6-7H2,1-5H3. The maximum Gasteiger partial charge on any atom is 0.179 e. The number of hydrogen-bond acceptors (Lipinski definition) is 5. The predicted octanol–water partition coefficient (Wildman–Crippen LogP) is 0.964. The molecule has 15 heavy (non-hydrogen) atoms. The molecule has 0 bridgehead atoms. The molecule has 0 radical (unpaired) electrons. The van der Waals surface area contributed by atoms with Gasteiger partial charge in [-0.15, -0.1) is 0 Å². The highest BCUT2D eigenvalue weighted by Crippen LogP contribution is 2.24. The molecule has 0 amide bonds. The molecule has 0 aliphatic rings. The highest BCUT2D eigenvalue weighted by atomic mass is 16.7. The Hall–Kier alpha value is -0.490. The summed E-state index contributed by atoms with van der Waals surface area (Å²) in [5.74, 6) is -0.979. The molecule has 0 aliphatic heterocycles. The quantitative estimate of drug-likeness (QED) is 0.570. The van der Waals surface area contributed by atoms with Crippen LogP contribution in [0.15, 0.2) is 0 Å². The molecule has 0 rings (SSSR count). The third-order valence-corrected chi connectivity index (χ3v) is 2.27. The van der Waals surface area contributed by atoms with Crippen LogP contribution in [0.3, 0.4) is 0 Å². The summed E-state index contributed by atoms with van der Waals surface area (Å²) < 4.78 is 20.6. The molecule has 0 aromatic carbocycles. The van der Waals surface area contributed by atoms with Crippen molar-refractivity contribution in [1.29, 1.82) is 0 Å². The normalized spacial score (nSPS) is 12.1. The highest BCUT2D eigenvalue weighted by Gasteiger charge is 2.34. The smallest absolute Gasteiger partial charge is 0.179 e. The van der Waals surface area contributed by atoms with Gasteiger partial charge in [-0.05, 0) is 6.92 Å². The average Bonchev–Trinajstić information content (AvgIpc) is 2.23. The van der Waals surface area contributed by atoms with Crippen molar-refractivity contribution in [2.75, 3.05) is 28.4 Å². The molecular weight excluding hydrogens is 200 g/mol. The van der Waals surface area contributed by atoms with Gasteiger partial charge in [0, 0.05) is 28.4 Å². The summed E-state index contributed by atoms with van der Waals surface area (Å²) in [6.45, 7) is 1.49. The van der Waals surface area contributed by atoms with Gasteiger partial charge >= 0.3 is 0 Å². The lowest BCUT2D eigenvalue weighted by Crippen LogP contribution is -2.40. The second-order valence-electron chi connectivity index (χ2n) is 3.30. The minimum Gasteiger partial charge on any atom is -0.356 e. The Morgan fingerprint density at radius 3 is 1.87 bits per heavy atom. The first-order chi connectivity index (χ1) is 7.03. The van der Waals surface area contributed by atoms with Crippen LogP contribution in [0.1, 0.15) is 19.8 Å². The molecule has 0 spiro atoms. The van der Waals surface area contributed by atoms with Gasteiger partial charge in [-0.2, -0.15) is 0 Å². The zero-order valence-corrected chi connectivity index (χ0v) is 10.0. The summed E-state index contributed by atoms with van der Waals surface area (Å²) >= 11 is 0. The van der Waals surface area contributed by atoms with Crippen LogP contribution < -0.4 is 0 Å². The Kier molecular flexibility index (Phi) is 6.67. The van der Waals surface area contributed by atoms with Crippen LogP contribution in [0, 0.1) is 0 Å². The Morgan fingerprint density at radius 2 is 1.60 bits per heavy atom. The first-order valence-electron chi connectivity index (χ1n) is 4.69. The fourth-order valence-corrected chi connectivity index (χ4v) is 1.36. The van der Waals surface area contributed by atoms with E-state index in [4.69, 9.17) is 18.9 Å². The molecular formula is C10H20O5. The van der Waals surface area contributed by atoms with Crippen molar-refractivity contribution in [3.63, 3.8) is 0 Å². The van der Waals surface area contributed by atoms with E-state index in [1.54, 1.807) is 0 Å². The number of ketones is 1. The van der Waals surface area contributed by atoms with Gasteiger partial charge in [-0.25, -0.2) is 0 Å². The summed E-state index contributed by atoms with van der Waals surface area (Å²) in [4.78, 5) is 11.1. The van der Waals surface area contributed by atoms with E-state index < -0.39 is 12.1 Å². The van der Waals surface area contributed by atoms with Crippen LogP contribution in [-0.2, 0) is 23.7 Å². The molecule has 0 aliphatic carbocycles. The van der Waals surface area contributed by atoms with E-state index >= 15 is 0 Å². The zero-order valence-electron chi connectivity index (χ0n) is 10.0. The van der Waals surface area contributed by atoms with E-state index in [1.165, 1.54) is 35.4 Å². The molecule has 0 aromatic heterocycles. The van der Waals surface area contributed by atoms with Gasteiger partial charge in [-0.3, -0.25) is 4.79 Å². The maximum atomic E-state index is 11.1. The zero-order chi connectivity index (χ0) is 11.9. The molecule has 0 aromatic rings. The second kappa shape index (κ2) is 6.90. The van der Waals surface area contributed by atoms with Gasteiger partial charge < -0.3 is 18.9 Å². The van der Waals surface area contributed by atoms with Crippen molar-refractivity contribution in [2.24, 2.45) is 0 Å². The molecule has 5 nitrogen and oxygen atoms in total. The number of methoxy groups -OCH3 is 4. The maximum absolute atomic E-state index is 11.1. The first kappa shape index (κ1) is 14.5. The van der Waals surface area contributed by atoms with Gasteiger partial charge in [0.05, 0.1) is 12.8 Å². The molecule has 0 saturated carbocycles. The largest absolute Gasteiger partial charge is 0.356 e. The lowest BCUT2D eigenvalue weighted by Gasteiger charge is -2.32. The minimum absolute atomic E-state index is 0.00958. The van der Waals surface area contributed by atoms with Crippen LogP contribution in [0.2, 0.25) is 0 Å². The van der Waals surface area contributed by atoms with Gasteiger partial charge in [0.15, 0.2) is 12.1 Å². The summed E-state index contributed by atoms with van der Waals surface area (Å²) in [6, 6.07) is 0. The Morgan fingerprint density at radius 1 is 1.13 bits per heavy atom. The van der Waals surface area contributed by atoms with E-state index in [1.807, 2.05) is 0 Å². The summed E-state index contributed by atoms with van der Waals surface area (Å²) in [6.07, 6.45) is 0.0553. The van der Waals surface area contributed by atoms with Crippen molar-refractivity contribution in [3.05, 3.63) is 0 Å². The SMILES string of the molecule is COC(CC(CC(C)=O)(OC)OC)OC. The van der Waals surface area contributed by atoms with Crippen LogP contribution in [0.25, 0.3) is 0 Å².